The van der Waals surface area contributed by atoms with Crippen molar-refractivity contribution in [2.45, 2.75) is 18.9 Å². The summed E-state index contributed by atoms with van der Waals surface area (Å²) in [5.74, 6) is 0.613. The van der Waals surface area contributed by atoms with Crippen molar-refractivity contribution in [3.63, 3.8) is 0 Å². The number of nitrogens with zero attached hydrogens (tertiary/aromatic N) is 4. The number of carbonyl (C=O) groups is 1. The number of hydrogen-bond donors (Lipinski definition) is 1. The van der Waals surface area contributed by atoms with Gasteiger partial charge in [-0.25, -0.2) is 14.5 Å². The van der Waals surface area contributed by atoms with Crippen molar-refractivity contribution < 1.29 is 4.79 Å². The Kier molecular flexibility index (Phi) is 4.00. The molecule has 1 N–H and O–H groups in total. The van der Waals surface area contributed by atoms with Gasteiger partial charge in [-0.1, -0.05) is 0 Å². The molecule has 0 aliphatic carbocycles. The average molecular weight is 339 g/mol. The number of amides is 2. The predicted molar refractivity (Wildman–Crippen MR) is 93.4 cm³/mol. The van der Waals surface area contributed by atoms with E-state index in [1.807, 2.05) is 29.3 Å². The van der Waals surface area contributed by atoms with Gasteiger partial charge in [-0.3, -0.25) is 0 Å². The first kappa shape index (κ1) is 14.9. The second kappa shape index (κ2) is 6.45. The Hall–Kier alpha value is -2.67. The Morgan fingerprint density at radius 2 is 2.25 bits per heavy atom. The van der Waals surface area contributed by atoms with Gasteiger partial charge in [0.15, 0.2) is 5.82 Å². The van der Waals surface area contributed by atoms with Gasteiger partial charge in [-0.05, 0) is 53.4 Å². The SMILES string of the molecule is O=C(Nc1cccnc1-n1cccn1)N1CCC[C@H]1c1ccsc1. The zero-order chi connectivity index (χ0) is 16.4. The number of thiophene rings is 1. The van der Waals surface area contributed by atoms with Crippen LogP contribution in [-0.4, -0.2) is 32.2 Å². The molecule has 1 atom stereocenters. The minimum atomic E-state index is -0.0925. The van der Waals surface area contributed by atoms with Crippen LogP contribution in [0.5, 0.6) is 0 Å². The van der Waals surface area contributed by atoms with Crippen LogP contribution < -0.4 is 5.32 Å². The van der Waals surface area contributed by atoms with Crippen LogP contribution >= 0.6 is 11.3 Å². The van der Waals surface area contributed by atoms with Gasteiger partial charge >= 0.3 is 6.03 Å². The first-order chi connectivity index (χ1) is 11.8. The predicted octanol–water partition coefficient (Wildman–Crippen LogP) is 3.70. The van der Waals surface area contributed by atoms with Crippen LogP contribution in [0.2, 0.25) is 0 Å². The van der Waals surface area contributed by atoms with Crippen LogP contribution in [-0.2, 0) is 0 Å². The zero-order valence-corrected chi connectivity index (χ0v) is 13.8. The smallest absolute Gasteiger partial charge is 0.317 e. The maximum absolute atomic E-state index is 12.8. The summed E-state index contributed by atoms with van der Waals surface area (Å²) in [6.07, 6.45) is 7.21. The highest BCUT2D eigenvalue weighted by molar-refractivity contribution is 7.08. The molecule has 24 heavy (non-hydrogen) atoms. The lowest BCUT2D eigenvalue weighted by molar-refractivity contribution is 0.207. The lowest BCUT2D eigenvalue weighted by Crippen LogP contribution is -2.34. The van der Waals surface area contributed by atoms with E-state index < -0.39 is 0 Å². The Morgan fingerprint density at radius 1 is 1.29 bits per heavy atom. The van der Waals surface area contributed by atoms with Crippen LogP contribution in [0.25, 0.3) is 5.82 Å². The van der Waals surface area contributed by atoms with Crippen molar-refractivity contribution in [2.24, 2.45) is 0 Å². The van der Waals surface area contributed by atoms with Crippen LogP contribution in [0.3, 0.4) is 0 Å². The number of pyridine rings is 1. The molecule has 2 amide bonds. The standard InChI is InChI=1S/C17H17N5OS/c23-17(21-9-2-5-15(21)13-6-11-24-12-13)20-14-4-1-7-18-16(14)22-10-3-8-19-22/h1,3-4,6-8,10-12,15H,2,5,9H2,(H,20,23)/t15-/m0/s1. The molecule has 1 fully saturated rings. The van der Waals surface area contributed by atoms with E-state index in [0.717, 1.165) is 19.4 Å². The summed E-state index contributed by atoms with van der Waals surface area (Å²) < 4.78 is 1.65. The van der Waals surface area contributed by atoms with Crippen molar-refractivity contribution in [3.8, 4) is 5.82 Å². The molecular formula is C17H17N5OS. The molecule has 0 bridgehead atoms. The van der Waals surface area contributed by atoms with E-state index in [1.165, 1.54) is 5.56 Å². The number of aromatic nitrogens is 3. The summed E-state index contributed by atoms with van der Waals surface area (Å²) in [6, 6.07) is 7.64. The van der Waals surface area contributed by atoms with Crippen molar-refractivity contribution in [2.75, 3.05) is 11.9 Å². The molecule has 7 heteroatoms. The number of anilines is 1. The van der Waals surface area contributed by atoms with Crippen molar-refractivity contribution in [1.29, 1.82) is 0 Å². The van der Waals surface area contributed by atoms with E-state index >= 15 is 0 Å². The lowest BCUT2D eigenvalue weighted by Gasteiger charge is -2.25. The lowest BCUT2D eigenvalue weighted by atomic mass is 10.1. The minimum Gasteiger partial charge on any atom is -0.317 e. The molecule has 1 aliphatic heterocycles. The summed E-state index contributed by atoms with van der Waals surface area (Å²) in [5.41, 5.74) is 1.87. The fourth-order valence-corrected chi connectivity index (χ4v) is 3.79. The summed E-state index contributed by atoms with van der Waals surface area (Å²) in [5, 5.41) is 11.4. The third kappa shape index (κ3) is 2.78. The van der Waals surface area contributed by atoms with E-state index in [-0.39, 0.29) is 12.1 Å². The molecule has 0 aromatic carbocycles. The molecule has 3 aromatic rings. The maximum Gasteiger partial charge on any atom is 0.322 e. The van der Waals surface area contributed by atoms with Gasteiger partial charge in [0.05, 0.1) is 11.7 Å². The van der Waals surface area contributed by atoms with Gasteiger partial charge in [-0.15, -0.1) is 0 Å². The van der Waals surface area contributed by atoms with Crippen molar-refractivity contribution in [3.05, 3.63) is 59.2 Å². The molecule has 1 aliphatic rings. The van der Waals surface area contributed by atoms with Gasteiger partial charge in [0.25, 0.3) is 0 Å². The van der Waals surface area contributed by atoms with Gasteiger partial charge in [-0.2, -0.15) is 16.4 Å². The largest absolute Gasteiger partial charge is 0.322 e. The number of hydrogen-bond acceptors (Lipinski definition) is 4. The third-order valence-electron chi connectivity index (χ3n) is 4.19. The molecule has 4 heterocycles. The monoisotopic (exact) mass is 339 g/mol. The van der Waals surface area contributed by atoms with Crippen molar-refractivity contribution in [1.82, 2.24) is 19.7 Å². The second-order valence-electron chi connectivity index (χ2n) is 5.66. The number of rotatable bonds is 3. The highest BCUT2D eigenvalue weighted by atomic mass is 32.1. The highest BCUT2D eigenvalue weighted by Gasteiger charge is 2.30. The summed E-state index contributed by atoms with van der Waals surface area (Å²) in [7, 11) is 0. The molecule has 1 saturated heterocycles. The molecule has 0 unspecified atom stereocenters. The molecule has 0 saturated carbocycles. The topological polar surface area (TPSA) is 63.1 Å². The molecule has 0 spiro atoms. The fourth-order valence-electron chi connectivity index (χ4n) is 3.08. The van der Waals surface area contributed by atoms with E-state index in [9.17, 15) is 4.79 Å². The van der Waals surface area contributed by atoms with Gasteiger partial charge in [0, 0.05) is 25.1 Å². The van der Waals surface area contributed by atoms with E-state index in [0.29, 0.717) is 11.5 Å². The van der Waals surface area contributed by atoms with Gasteiger partial charge < -0.3 is 10.2 Å². The third-order valence-corrected chi connectivity index (χ3v) is 4.89. The minimum absolute atomic E-state index is 0.0925. The Bertz CT molecular complexity index is 815. The number of nitrogens with one attached hydrogen (secondary N) is 1. The molecule has 3 aromatic heterocycles. The summed E-state index contributed by atoms with van der Waals surface area (Å²) in [6.45, 7) is 0.768. The highest BCUT2D eigenvalue weighted by Crippen LogP contribution is 2.33. The second-order valence-corrected chi connectivity index (χ2v) is 6.44. The van der Waals surface area contributed by atoms with Crippen LogP contribution in [0, 0.1) is 0 Å². The number of carbonyl (C=O) groups excluding carboxylic acids is 1. The van der Waals surface area contributed by atoms with Crippen molar-refractivity contribution >= 4 is 23.1 Å². The van der Waals surface area contributed by atoms with Crippen LogP contribution in [0.15, 0.2) is 53.6 Å². The number of likely N-dealkylation sites (tertiary alicyclic amines) is 1. The quantitative estimate of drug-likeness (QED) is 0.791. The molecule has 122 valence electrons. The van der Waals surface area contributed by atoms with Gasteiger partial charge in [0.2, 0.25) is 0 Å². The van der Waals surface area contributed by atoms with E-state index in [2.05, 4.69) is 32.2 Å². The van der Waals surface area contributed by atoms with Gasteiger partial charge in [0.1, 0.15) is 0 Å². The molecule has 0 radical (unpaired) electrons. The summed E-state index contributed by atoms with van der Waals surface area (Å²) >= 11 is 1.66. The maximum atomic E-state index is 12.8. The normalized spacial score (nSPS) is 17.2. The van der Waals surface area contributed by atoms with E-state index in [4.69, 9.17) is 0 Å². The molecule has 4 rings (SSSR count). The Labute approximate surface area is 143 Å². The first-order valence-electron chi connectivity index (χ1n) is 7.87. The number of urea groups is 1. The molecule has 6 nitrogen and oxygen atoms in total. The Balaban J connectivity index is 1.57. The fraction of sp³-hybridized carbons (Fsp3) is 0.235. The Morgan fingerprint density at radius 3 is 3.04 bits per heavy atom. The van der Waals surface area contributed by atoms with Crippen LogP contribution in [0.4, 0.5) is 10.5 Å². The summed E-state index contributed by atoms with van der Waals surface area (Å²) in [4.78, 5) is 19.0. The van der Waals surface area contributed by atoms with Crippen LogP contribution in [0.1, 0.15) is 24.4 Å². The zero-order valence-electron chi connectivity index (χ0n) is 13.0. The van der Waals surface area contributed by atoms with E-state index in [1.54, 1.807) is 28.4 Å². The first-order valence-corrected chi connectivity index (χ1v) is 8.82. The average Bonchev–Trinajstić information content (AvgIpc) is 3.35. The molecular weight excluding hydrogens is 322 g/mol.